The molecule has 3 atom stereocenters. The molecule has 1 fully saturated rings. The van der Waals surface area contributed by atoms with Crippen LogP contribution >= 0.6 is 23.1 Å². The van der Waals surface area contributed by atoms with Gasteiger partial charge in [0.1, 0.15) is 0 Å². The van der Waals surface area contributed by atoms with Gasteiger partial charge in [-0.3, -0.25) is 4.79 Å². The van der Waals surface area contributed by atoms with Gasteiger partial charge in [-0.25, -0.2) is 0 Å². The van der Waals surface area contributed by atoms with E-state index in [-0.39, 0.29) is 5.91 Å². The molecule has 20 heavy (non-hydrogen) atoms. The van der Waals surface area contributed by atoms with Crippen molar-refractivity contribution in [3.05, 3.63) is 0 Å². The molecule has 0 spiro atoms. The van der Waals surface area contributed by atoms with Crippen LogP contribution < -0.4 is 10.6 Å². The van der Waals surface area contributed by atoms with Gasteiger partial charge in [-0.1, -0.05) is 49.8 Å². The van der Waals surface area contributed by atoms with E-state index in [0.717, 1.165) is 15.9 Å². The van der Waals surface area contributed by atoms with E-state index in [1.165, 1.54) is 35.9 Å². The van der Waals surface area contributed by atoms with Gasteiger partial charge in [0.25, 0.3) is 0 Å². The number of thioether (sulfide) groups is 1. The van der Waals surface area contributed by atoms with E-state index in [4.69, 9.17) is 0 Å². The Hall–Kier alpha value is -0.820. The van der Waals surface area contributed by atoms with Crippen molar-refractivity contribution < 1.29 is 4.79 Å². The van der Waals surface area contributed by atoms with Gasteiger partial charge in [-0.15, -0.1) is 10.2 Å². The highest BCUT2D eigenvalue weighted by Crippen LogP contribution is 2.30. The predicted molar refractivity (Wildman–Crippen MR) is 84.3 cm³/mol. The SMILES string of the molecule is CNc1nnc(SCC(=O)N[C@H]2CCC[C@@H](C)[C@H]2C)s1. The molecule has 2 rings (SSSR count). The van der Waals surface area contributed by atoms with Crippen LogP contribution in [0.25, 0.3) is 0 Å². The Morgan fingerprint density at radius 1 is 1.40 bits per heavy atom. The summed E-state index contributed by atoms with van der Waals surface area (Å²) < 4.78 is 0.828. The maximum atomic E-state index is 12.0. The number of nitrogens with zero attached hydrogens (tertiary/aromatic N) is 2. The standard InChI is InChI=1S/C13H22N4OS2/c1-8-5-4-6-10(9(8)2)15-11(18)7-19-13-17-16-12(14-3)20-13/h8-10H,4-7H2,1-3H3,(H,14,16)(H,15,18)/t8-,9-,10+/m1/s1. The molecule has 0 unspecified atom stereocenters. The maximum absolute atomic E-state index is 12.0. The molecule has 0 aromatic carbocycles. The summed E-state index contributed by atoms with van der Waals surface area (Å²) >= 11 is 2.92. The van der Waals surface area contributed by atoms with Crippen LogP contribution in [0.3, 0.4) is 0 Å². The molecule has 112 valence electrons. The zero-order chi connectivity index (χ0) is 14.5. The summed E-state index contributed by atoms with van der Waals surface area (Å²) in [6.45, 7) is 4.52. The van der Waals surface area contributed by atoms with Crippen molar-refractivity contribution in [1.29, 1.82) is 0 Å². The summed E-state index contributed by atoms with van der Waals surface area (Å²) in [5.41, 5.74) is 0. The van der Waals surface area contributed by atoms with Gasteiger partial charge in [-0.2, -0.15) is 0 Å². The molecule has 1 aliphatic rings. The monoisotopic (exact) mass is 314 g/mol. The number of anilines is 1. The van der Waals surface area contributed by atoms with Crippen LogP contribution in [-0.2, 0) is 4.79 Å². The maximum Gasteiger partial charge on any atom is 0.230 e. The molecule has 0 radical (unpaired) electrons. The number of aromatic nitrogens is 2. The number of amides is 1. The molecule has 1 aromatic heterocycles. The van der Waals surface area contributed by atoms with Crippen LogP contribution in [0.15, 0.2) is 4.34 Å². The number of hydrogen-bond acceptors (Lipinski definition) is 6. The minimum absolute atomic E-state index is 0.0992. The van der Waals surface area contributed by atoms with Crippen molar-refractivity contribution in [1.82, 2.24) is 15.5 Å². The van der Waals surface area contributed by atoms with Crippen LogP contribution in [0.5, 0.6) is 0 Å². The van der Waals surface area contributed by atoms with Gasteiger partial charge in [0, 0.05) is 13.1 Å². The van der Waals surface area contributed by atoms with Crippen molar-refractivity contribution in [2.45, 2.75) is 43.5 Å². The smallest absolute Gasteiger partial charge is 0.230 e. The van der Waals surface area contributed by atoms with E-state index in [2.05, 4.69) is 34.7 Å². The Kier molecular flexibility index (Phi) is 5.65. The molecular weight excluding hydrogens is 292 g/mol. The highest BCUT2D eigenvalue weighted by Gasteiger charge is 2.28. The van der Waals surface area contributed by atoms with Crippen molar-refractivity contribution in [2.75, 3.05) is 18.1 Å². The Morgan fingerprint density at radius 3 is 2.90 bits per heavy atom. The van der Waals surface area contributed by atoms with E-state index >= 15 is 0 Å². The number of carbonyl (C=O) groups excluding carboxylic acids is 1. The third kappa shape index (κ3) is 4.09. The largest absolute Gasteiger partial charge is 0.363 e. The van der Waals surface area contributed by atoms with Crippen LogP contribution in [0, 0.1) is 11.8 Å². The second kappa shape index (κ2) is 7.26. The lowest BCUT2D eigenvalue weighted by Crippen LogP contribution is -2.44. The Labute approximate surface area is 128 Å². The first kappa shape index (κ1) is 15.6. The molecule has 1 aromatic rings. The van der Waals surface area contributed by atoms with Gasteiger partial charge < -0.3 is 10.6 Å². The minimum Gasteiger partial charge on any atom is -0.363 e. The minimum atomic E-state index is 0.0992. The zero-order valence-corrected chi connectivity index (χ0v) is 13.8. The van der Waals surface area contributed by atoms with Crippen molar-refractivity contribution in [3.8, 4) is 0 Å². The molecule has 1 saturated carbocycles. The lowest BCUT2D eigenvalue weighted by atomic mass is 9.78. The van der Waals surface area contributed by atoms with E-state index in [1.54, 1.807) is 0 Å². The number of nitrogens with one attached hydrogen (secondary N) is 2. The molecular formula is C13H22N4OS2. The molecule has 1 aliphatic carbocycles. The van der Waals surface area contributed by atoms with E-state index in [9.17, 15) is 4.79 Å². The summed E-state index contributed by atoms with van der Waals surface area (Å²) in [7, 11) is 1.81. The predicted octanol–water partition coefficient (Wildman–Crippen LogP) is 2.61. The molecule has 1 amide bonds. The molecule has 5 nitrogen and oxygen atoms in total. The third-order valence-electron chi connectivity index (χ3n) is 4.00. The lowest BCUT2D eigenvalue weighted by molar-refractivity contribution is -0.119. The fraction of sp³-hybridized carbons (Fsp3) is 0.769. The molecule has 2 N–H and O–H groups in total. The van der Waals surface area contributed by atoms with Gasteiger partial charge in [0.05, 0.1) is 5.75 Å². The summed E-state index contributed by atoms with van der Waals surface area (Å²) in [6.07, 6.45) is 3.59. The van der Waals surface area contributed by atoms with Gasteiger partial charge in [0.15, 0.2) is 4.34 Å². The quantitative estimate of drug-likeness (QED) is 0.818. The topological polar surface area (TPSA) is 66.9 Å². The van der Waals surface area contributed by atoms with Crippen LogP contribution in [0.4, 0.5) is 5.13 Å². The number of hydrogen-bond donors (Lipinski definition) is 2. The highest BCUT2D eigenvalue weighted by atomic mass is 32.2. The second-order valence-electron chi connectivity index (χ2n) is 5.35. The van der Waals surface area contributed by atoms with E-state index in [0.29, 0.717) is 23.6 Å². The molecule has 0 bridgehead atoms. The van der Waals surface area contributed by atoms with E-state index < -0.39 is 0 Å². The normalized spacial score (nSPS) is 26.2. The van der Waals surface area contributed by atoms with Crippen molar-refractivity contribution >= 4 is 34.1 Å². The van der Waals surface area contributed by atoms with Gasteiger partial charge in [0.2, 0.25) is 11.0 Å². The Balaban J connectivity index is 1.77. The average molecular weight is 314 g/mol. The van der Waals surface area contributed by atoms with Gasteiger partial charge in [-0.05, 0) is 18.3 Å². The van der Waals surface area contributed by atoms with Gasteiger partial charge >= 0.3 is 0 Å². The third-order valence-corrected chi connectivity index (χ3v) is 6.07. The first-order valence-corrected chi connectivity index (χ1v) is 8.83. The molecule has 0 saturated heterocycles. The average Bonchev–Trinajstić information content (AvgIpc) is 2.90. The summed E-state index contributed by atoms with van der Waals surface area (Å²) in [4.78, 5) is 12.0. The fourth-order valence-corrected chi connectivity index (χ4v) is 4.05. The number of carbonyl (C=O) groups is 1. The fourth-order valence-electron chi connectivity index (χ4n) is 2.53. The summed E-state index contributed by atoms with van der Waals surface area (Å²) in [6, 6.07) is 0.328. The first-order valence-electron chi connectivity index (χ1n) is 7.03. The Morgan fingerprint density at radius 2 is 2.20 bits per heavy atom. The molecule has 7 heteroatoms. The molecule has 0 aliphatic heterocycles. The van der Waals surface area contributed by atoms with Crippen LogP contribution in [0.1, 0.15) is 33.1 Å². The van der Waals surface area contributed by atoms with Crippen LogP contribution in [-0.4, -0.2) is 34.9 Å². The first-order chi connectivity index (χ1) is 9.60. The zero-order valence-electron chi connectivity index (χ0n) is 12.2. The van der Waals surface area contributed by atoms with Crippen molar-refractivity contribution in [3.63, 3.8) is 0 Å². The second-order valence-corrected chi connectivity index (χ2v) is 7.55. The van der Waals surface area contributed by atoms with Crippen LogP contribution in [0.2, 0.25) is 0 Å². The van der Waals surface area contributed by atoms with Crippen molar-refractivity contribution in [2.24, 2.45) is 11.8 Å². The summed E-state index contributed by atoms with van der Waals surface area (Å²) in [5.74, 6) is 1.77. The molecule has 1 heterocycles. The number of rotatable bonds is 5. The highest BCUT2D eigenvalue weighted by molar-refractivity contribution is 8.01. The Bertz CT molecular complexity index is 451. The lowest BCUT2D eigenvalue weighted by Gasteiger charge is -2.34. The summed E-state index contributed by atoms with van der Waals surface area (Å²) in [5, 5.41) is 14.9. The van der Waals surface area contributed by atoms with E-state index in [1.807, 2.05) is 7.05 Å².